The van der Waals surface area contributed by atoms with Crippen molar-refractivity contribution in [2.75, 3.05) is 25.1 Å². The van der Waals surface area contributed by atoms with Crippen LogP contribution in [0.15, 0.2) is 53.3 Å². The van der Waals surface area contributed by atoms with Gasteiger partial charge in [0.2, 0.25) is 5.95 Å². The van der Waals surface area contributed by atoms with Crippen molar-refractivity contribution < 1.29 is 22.6 Å². The molecule has 0 amide bonds. The highest BCUT2D eigenvalue weighted by Gasteiger charge is 2.21. The minimum atomic E-state index is -0.914. The summed E-state index contributed by atoms with van der Waals surface area (Å²) in [4.78, 5) is 21.9. The average molecular weight is 482 g/mol. The Bertz CT molecular complexity index is 1450. The summed E-state index contributed by atoms with van der Waals surface area (Å²) >= 11 is 0. The van der Waals surface area contributed by atoms with E-state index in [-0.39, 0.29) is 17.9 Å². The summed E-state index contributed by atoms with van der Waals surface area (Å²) in [5.74, 6) is -2.11. The molecule has 3 heterocycles. The molecule has 4 aromatic rings. The maximum atomic E-state index is 14.7. The average Bonchev–Trinajstić information content (AvgIpc) is 3.33. The number of pyridine rings is 1. The number of aryl methyl sites for hydroxylation is 1. The van der Waals surface area contributed by atoms with Crippen LogP contribution >= 0.6 is 0 Å². The van der Waals surface area contributed by atoms with E-state index in [4.69, 9.17) is 9.47 Å². The number of nitrogens with zero attached hydrogens (tertiary/aromatic N) is 3. The third kappa shape index (κ3) is 4.50. The van der Waals surface area contributed by atoms with Crippen molar-refractivity contribution in [3.63, 3.8) is 0 Å². The van der Waals surface area contributed by atoms with Gasteiger partial charge in [0.05, 0.1) is 18.9 Å². The zero-order valence-electron chi connectivity index (χ0n) is 18.7. The highest BCUT2D eigenvalue weighted by molar-refractivity contribution is 5.93. The molecule has 0 saturated carbocycles. The van der Waals surface area contributed by atoms with Gasteiger partial charge in [0.25, 0.3) is 5.56 Å². The second kappa shape index (κ2) is 9.47. The Kier molecular flexibility index (Phi) is 6.23. The Hall–Kier alpha value is -3.76. The van der Waals surface area contributed by atoms with Crippen LogP contribution in [0, 0.1) is 24.4 Å². The van der Waals surface area contributed by atoms with E-state index in [2.05, 4.69) is 15.3 Å². The summed E-state index contributed by atoms with van der Waals surface area (Å²) in [6.45, 7) is 3.14. The second-order valence-corrected chi connectivity index (χ2v) is 8.06. The molecule has 1 aliphatic heterocycles. The first-order chi connectivity index (χ1) is 16.9. The normalized spacial score (nSPS) is 14.1. The third-order valence-corrected chi connectivity index (χ3v) is 5.71. The summed E-state index contributed by atoms with van der Waals surface area (Å²) in [6.07, 6.45) is 0.156. The summed E-state index contributed by atoms with van der Waals surface area (Å²) in [5.41, 5.74) is 0.366. The quantitative estimate of drug-likeness (QED) is 0.440. The van der Waals surface area contributed by atoms with Gasteiger partial charge < -0.3 is 14.8 Å². The predicted octanol–water partition coefficient (Wildman–Crippen LogP) is 4.35. The minimum absolute atomic E-state index is 0.00564. The second-order valence-electron chi connectivity index (χ2n) is 8.06. The molecule has 2 aromatic carbocycles. The van der Waals surface area contributed by atoms with Gasteiger partial charge in [-0.15, -0.1) is 0 Å². The van der Waals surface area contributed by atoms with E-state index in [9.17, 15) is 18.0 Å². The monoisotopic (exact) mass is 482 g/mol. The van der Waals surface area contributed by atoms with Gasteiger partial charge in [0.15, 0.2) is 11.9 Å². The largest absolute Gasteiger partial charge is 0.354 e. The van der Waals surface area contributed by atoms with Gasteiger partial charge in [-0.3, -0.25) is 9.36 Å². The Labute approximate surface area is 198 Å². The molecule has 0 bridgehead atoms. The topological polar surface area (TPSA) is 78.3 Å². The summed E-state index contributed by atoms with van der Waals surface area (Å²) in [5, 5.41) is 3.44. The fourth-order valence-corrected chi connectivity index (χ4v) is 4.09. The van der Waals surface area contributed by atoms with Crippen molar-refractivity contribution in [1.29, 1.82) is 0 Å². The van der Waals surface area contributed by atoms with E-state index in [1.54, 1.807) is 13.0 Å². The molecule has 1 aliphatic rings. The molecule has 180 valence electrons. The van der Waals surface area contributed by atoms with Crippen LogP contribution in [0.3, 0.4) is 0 Å². The predicted molar refractivity (Wildman–Crippen MR) is 124 cm³/mol. The van der Waals surface area contributed by atoms with Gasteiger partial charge in [-0.25, -0.2) is 18.2 Å². The number of hydrogen-bond acceptors (Lipinski definition) is 6. The van der Waals surface area contributed by atoms with Crippen LogP contribution in [0.5, 0.6) is 0 Å². The number of benzene rings is 2. The number of nitrogens with one attached hydrogen (secondary N) is 1. The van der Waals surface area contributed by atoms with Gasteiger partial charge in [0.1, 0.15) is 23.1 Å². The van der Waals surface area contributed by atoms with Crippen LogP contribution in [0.4, 0.5) is 19.1 Å². The van der Waals surface area contributed by atoms with Crippen molar-refractivity contribution in [2.24, 2.45) is 0 Å². The van der Waals surface area contributed by atoms with Gasteiger partial charge in [-0.1, -0.05) is 6.07 Å². The Balaban J connectivity index is 1.71. The van der Waals surface area contributed by atoms with Gasteiger partial charge >= 0.3 is 0 Å². The molecule has 0 radical (unpaired) electrons. The van der Waals surface area contributed by atoms with Crippen LogP contribution in [0.25, 0.3) is 28.0 Å². The number of anilines is 1. The van der Waals surface area contributed by atoms with Crippen molar-refractivity contribution in [3.8, 4) is 16.9 Å². The van der Waals surface area contributed by atoms with E-state index in [1.165, 1.54) is 30.3 Å². The molecule has 10 heteroatoms. The number of ether oxygens (including phenoxy) is 2. The molecule has 35 heavy (non-hydrogen) atoms. The van der Waals surface area contributed by atoms with Crippen LogP contribution in [-0.2, 0) is 9.47 Å². The summed E-state index contributed by atoms with van der Waals surface area (Å²) in [7, 11) is 0. The zero-order chi connectivity index (χ0) is 24.5. The number of fused-ring (bicyclic) bond motifs is 1. The molecule has 0 aliphatic carbocycles. The Morgan fingerprint density at radius 2 is 1.77 bits per heavy atom. The number of hydrogen-bond donors (Lipinski definition) is 1. The van der Waals surface area contributed by atoms with Crippen LogP contribution in [0.1, 0.15) is 12.0 Å². The first kappa shape index (κ1) is 23.0. The van der Waals surface area contributed by atoms with Gasteiger partial charge in [-0.2, -0.15) is 4.98 Å². The molecule has 0 atom stereocenters. The molecule has 0 unspecified atom stereocenters. The highest BCUT2D eigenvalue weighted by Crippen LogP contribution is 2.31. The summed E-state index contributed by atoms with van der Waals surface area (Å²) in [6, 6.07) is 10.3. The van der Waals surface area contributed by atoms with Crippen molar-refractivity contribution in [1.82, 2.24) is 14.5 Å². The van der Waals surface area contributed by atoms with E-state index < -0.39 is 28.7 Å². The molecule has 1 saturated heterocycles. The summed E-state index contributed by atoms with van der Waals surface area (Å²) < 4.78 is 55.0. The minimum Gasteiger partial charge on any atom is -0.354 e. The number of aromatic nitrogens is 3. The first-order valence-electron chi connectivity index (χ1n) is 11.0. The molecule has 1 fully saturated rings. The SMILES string of the molecule is Cc1cc(F)ccc1-c1nc(NCCC2OCCO2)nc2c1ccc(=O)n2-c1c(F)cccc1F. The van der Waals surface area contributed by atoms with Gasteiger partial charge in [-0.05, 0) is 48.9 Å². The van der Waals surface area contributed by atoms with Crippen LogP contribution in [-0.4, -0.2) is 40.6 Å². The molecule has 2 aromatic heterocycles. The lowest BCUT2D eigenvalue weighted by molar-refractivity contribution is -0.0439. The Morgan fingerprint density at radius 1 is 1.03 bits per heavy atom. The Morgan fingerprint density at radius 3 is 2.49 bits per heavy atom. The van der Waals surface area contributed by atoms with Gasteiger partial charge in [0, 0.05) is 30.0 Å². The first-order valence-corrected chi connectivity index (χ1v) is 11.0. The van der Waals surface area contributed by atoms with Crippen LogP contribution < -0.4 is 10.9 Å². The maximum absolute atomic E-state index is 14.7. The third-order valence-electron chi connectivity index (χ3n) is 5.71. The van der Waals surface area contributed by atoms with Crippen molar-refractivity contribution >= 4 is 17.0 Å². The lowest BCUT2D eigenvalue weighted by atomic mass is 10.0. The zero-order valence-corrected chi connectivity index (χ0v) is 18.7. The van der Waals surface area contributed by atoms with E-state index in [1.807, 2.05) is 0 Å². The number of para-hydroxylation sites is 1. The highest BCUT2D eigenvalue weighted by atomic mass is 19.1. The van der Waals surface area contributed by atoms with E-state index >= 15 is 0 Å². The van der Waals surface area contributed by atoms with E-state index in [0.717, 1.165) is 16.7 Å². The molecule has 1 N–H and O–H groups in total. The molecular formula is C25H21F3N4O3. The molecule has 5 rings (SSSR count). The lowest BCUT2D eigenvalue weighted by Crippen LogP contribution is -2.22. The van der Waals surface area contributed by atoms with Crippen molar-refractivity contribution in [2.45, 2.75) is 19.6 Å². The fourth-order valence-electron chi connectivity index (χ4n) is 4.09. The maximum Gasteiger partial charge on any atom is 0.256 e. The standard InChI is InChI=1S/C25H21F3N4O3/c1-14-13-15(26)5-6-16(14)22-17-7-8-20(33)32(23-18(27)3-2-4-19(23)28)24(17)31-25(30-22)29-10-9-21-34-11-12-35-21/h2-8,13,21H,9-12H2,1H3,(H,29,30,31). The fraction of sp³-hybridized carbons (Fsp3) is 0.240. The molecule has 7 nitrogen and oxygen atoms in total. The number of halogens is 3. The van der Waals surface area contributed by atoms with Crippen molar-refractivity contribution in [3.05, 3.63) is 81.9 Å². The molecular weight excluding hydrogens is 461 g/mol. The lowest BCUT2D eigenvalue weighted by Gasteiger charge is -2.16. The van der Waals surface area contributed by atoms with E-state index in [0.29, 0.717) is 48.4 Å². The molecule has 0 spiro atoms. The van der Waals surface area contributed by atoms with Crippen LogP contribution in [0.2, 0.25) is 0 Å². The smallest absolute Gasteiger partial charge is 0.256 e. The number of rotatable bonds is 6.